The van der Waals surface area contributed by atoms with Gasteiger partial charge in [-0.2, -0.15) is 0 Å². The summed E-state index contributed by atoms with van der Waals surface area (Å²) in [5.41, 5.74) is 6.02. The standard InChI is InChI=1S/C14H13F2NO2S/c1-3-19-14(18)13-9(17)6-10(20-13)11-8(15)5-4-7(2)12(11)16/h4-6H,3,17H2,1-2H3. The molecule has 0 atom stereocenters. The summed E-state index contributed by atoms with van der Waals surface area (Å²) in [6.45, 7) is 3.42. The van der Waals surface area contributed by atoms with E-state index >= 15 is 0 Å². The first kappa shape index (κ1) is 14.5. The number of esters is 1. The average molecular weight is 297 g/mol. The number of hydrogen-bond acceptors (Lipinski definition) is 4. The Balaban J connectivity index is 2.53. The third-order valence-electron chi connectivity index (χ3n) is 2.75. The van der Waals surface area contributed by atoms with Gasteiger partial charge in [0.25, 0.3) is 0 Å². The largest absolute Gasteiger partial charge is 0.462 e. The number of hydrogen-bond donors (Lipinski definition) is 1. The molecule has 106 valence electrons. The van der Waals surface area contributed by atoms with Gasteiger partial charge in [-0.3, -0.25) is 0 Å². The van der Waals surface area contributed by atoms with E-state index < -0.39 is 17.6 Å². The van der Waals surface area contributed by atoms with Crippen LogP contribution in [-0.4, -0.2) is 12.6 Å². The Morgan fingerprint density at radius 2 is 2.10 bits per heavy atom. The maximum absolute atomic E-state index is 14.0. The molecule has 0 fully saturated rings. The lowest BCUT2D eigenvalue weighted by atomic mass is 10.1. The SMILES string of the molecule is CCOC(=O)c1sc(-c2c(F)ccc(C)c2F)cc1N. The molecule has 2 N–H and O–H groups in total. The minimum atomic E-state index is -0.690. The molecule has 0 saturated carbocycles. The fourth-order valence-electron chi connectivity index (χ4n) is 1.77. The number of carbonyl (C=O) groups is 1. The maximum Gasteiger partial charge on any atom is 0.350 e. The summed E-state index contributed by atoms with van der Waals surface area (Å²) in [7, 11) is 0. The van der Waals surface area contributed by atoms with Gasteiger partial charge in [-0.1, -0.05) is 6.07 Å². The normalized spacial score (nSPS) is 10.6. The van der Waals surface area contributed by atoms with E-state index in [1.54, 1.807) is 13.8 Å². The topological polar surface area (TPSA) is 52.3 Å². The maximum atomic E-state index is 14.0. The highest BCUT2D eigenvalue weighted by atomic mass is 32.1. The number of nitrogen functional groups attached to an aromatic ring is 1. The number of benzene rings is 1. The van der Waals surface area contributed by atoms with Crippen molar-refractivity contribution in [3.8, 4) is 10.4 Å². The van der Waals surface area contributed by atoms with Crippen LogP contribution in [0.15, 0.2) is 18.2 Å². The highest BCUT2D eigenvalue weighted by Crippen LogP contribution is 2.37. The van der Waals surface area contributed by atoms with E-state index in [2.05, 4.69) is 0 Å². The lowest BCUT2D eigenvalue weighted by molar-refractivity contribution is 0.0533. The van der Waals surface area contributed by atoms with Gasteiger partial charge in [0.2, 0.25) is 0 Å². The van der Waals surface area contributed by atoms with Gasteiger partial charge in [0, 0.05) is 4.88 Å². The number of thiophene rings is 1. The zero-order chi connectivity index (χ0) is 14.9. The van der Waals surface area contributed by atoms with Crippen molar-refractivity contribution in [3.05, 3.63) is 40.3 Å². The van der Waals surface area contributed by atoms with Crippen LogP contribution in [0.3, 0.4) is 0 Å². The first-order chi connectivity index (χ1) is 9.45. The molecule has 0 spiro atoms. The summed E-state index contributed by atoms with van der Waals surface area (Å²) in [5, 5.41) is 0. The van der Waals surface area contributed by atoms with Crippen LogP contribution in [0.2, 0.25) is 0 Å². The van der Waals surface area contributed by atoms with Gasteiger partial charge in [0.1, 0.15) is 16.5 Å². The summed E-state index contributed by atoms with van der Waals surface area (Å²) in [4.78, 5) is 12.1. The van der Waals surface area contributed by atoms with Crippen LogP contribution in [0, 0.1) is 18.6 Å². The van der Waals surface area contributed by atoms with E-state index in [1.807, 2.05) is 0 Å². The Morgan fingerprint density at radius 3 is 2.75 bits per heavy atom. The molecule has 2 aromatic rings. The molecule has 0 saturated heterocycles. The molecule has 2 rings (SSSR count). The smallest absolute Gasteiger partial charge is 0.350 e. The zero-order valence-electron chi connectivity index (χ0n) is 11.0. The van der Waals surface area contributed by atoms with Gasteiger partial charge in [0.05, 0.1) is 17.9 Å². The van der Waals surface area contributed by atoms with E-state index in [9.17, 15) is 13.6 Å². The summed E-state index contributed by atoms with van der Waals surface area (Å²) in [5.74, 6) is -1.93. The van der Waals surface area contributed by atoms with Crippen molar-refractivity contribution < 1.29 is 18.3 Å². The minimum absolute atomic E-state index is 0.155. The number of rotatable bonds is 3. The van der Waals surface area contributed by atoms with E-state index in [4.69, 9.17) is 10.5 Å². The first-order valence-electron chi connectivity index (χ1n) is 5.97. The van der Waals surface area contributed by atoms with E-state index in [0.29, 0.717) is 5.56 Å². The second kappa shape index (κ2) is 5.58. The van der Waals surface area contributed by atoms with Crippen LogP contribution in [0.1, 0.15) is 22.2 Å². The van der Waals surface area contributed by atoms with Gasteiger partial charge in [0.15, 0.2) is 0 Å². The Morgan fingerprint density at radius 1 is 1.40 bits per heavy atom. The number of aryl methyl sites for hydroxylation is 1. The van der Waals surface area contributed by atoms with Crippen molar-refractivity contribution >= 4 is 23.0 Å². The molecule has 0 bridgehead atoms. The first-order valence-corrected chi connectivity index (χ1v) is 6.78. The van der Waals surface area contributed by atoms with Crippen molar-refractivity contribution in [2.45, 2.75) is 13.8 Å². The molecule has 20 heavy (non-hydrogen) atoms. The van der Waals surface area contributed by atoms with Gasteiger partial charge in [-0.05, 0) is 31.5 Å². The molecule has 1 aromatic carbocycles. The van der Waals surface area contributed by atoms with Crippen LogP contribution in [0.5, 0.6) is 0 Å². The fourth-order valence-corrected chi connectivity index (χ4v) is 2.78. The Labute approximate surface area is 119 Å². The molecule has 0 unspecified atom stereocenters. The summed E-state index contributed by atoms with van der Waals surface area (Å²) < 4.78 is 32.7. The molecule has 1 heterocycles. The molecular weight excluding hydrogens is 284 g/mol. The monoisotopic (exact) mass is 297 g/mol. The number of ether oxygens (including phenoxy) is 1. The average Bonchev–Trinajstić information content (AvgIpc) is 2.77. The van der Waals surface area contributed by atoms with E-state index in [1.165, 1.54) is 18.2 Å². The summed E-state index contributed by atoms with van der Waals surface area (Å²) in [6, 6.07) is 3.93. The van der Waals surface area contributed by atoms with E-state index in [0.717, 1.165) is 11.3 Å². The molecule has 0 aliphatic rings. The Bertz CT molecular complexity index is 667. The van der Waals surface area contributed by atoms with Crippen LogP contribution in [0.25, 0.3) is 10.4 Å². The third kappa shape index (κ3) is 2.51. The Kier molecular flexibility index (Phi) is 4.04. The minimum Gasteiger partial charge on any atom is -0.462 e. The number of anilines is 1. The van der Waals surface area contributed by atoms with Crippen molar-refractivity contribution in [1.82, 2.24) is 0 Å². The Hall–Kier alpha value is -1.95. The summed E-state index contributed by atoms with van der Waals surface area (Å²) >= 11 is 0.918. The molecule has 3 nitrogen and oxygen atoms in total. The molecule has 0 aliphatic carbocycles. The van der Waals surface area contributed by atoms with Crippen LogP contribution in [0.4, 0.5) is 14.5 Å². The second-order valence-corrected chi connectivity index (χ2v) is 5.22. The number of nitrogens with two attached hydrogens (primary N) is 1. The molecule has 0 radical (unpaired) electrons. The molecule has 1 aromatic heterocycles. The molecule has 0 amide bonds. The van der Waals surface area contributed by atoms with Crippen LogP contribution < -0.4 is 5.73 Å². The lowest BCUT2D eigenvalue weighted by Gasteiger charge is -2.04. The zero-order valence-corrected chi connectivity index (χ0v) is 11.8. The van der Waals surface area contributed by atoms with Crippen molar-refractivity contribution in [3.63, 3.8) is 0 Å². The molecule has 6 heteroatoms. The summed E-state index contributed by atoms with van der Waals surface area (Å²) in [6.07, 6.45) is 0. The van der Waals surface area contributed by atoms with E-state index in [-0.39, 0.29) is 27.6 Å². The van der Waals surface area contributed by atoms with Gasteiger partial charge in [-0.25, -0.2) is 13.6 Å². The molecule has 0 aliphatic heterocycles. The third-order valence-corrected chi connectivity index (χ3v) is 3.90. The van der Waals surface area contributed by atoms with Crippen molar-refractivity contribution in [2.24, 2.45) is 0 Å². The van der Waals surface area contributed by atoms with Gasteiger partial charge >= 0.3 is 5.97 Å². The van der Waals surface area contributed by atoms with Crippen LogP contribution in [-0.2, 0) is 4.74 Å². The van der Waals surface area contributed by atoms with Crippen LogP contribution >= 0.6 is 11.3 Å². The fraction of sp³-hybridized carbons (Fsp3) is 0.214. The van der Waals surface area contributed by atoms with Crippen molar-refractivity contribution in [2.75, 3.05) is 12.3 Å². The number of carbonyl (C=O) groups excluding carboxylic acids is 1. The second-order valence-electron chi connectivity index (χ2n) is 4.17. The van der Waals surface area contributed by atoms with Gasteiger partial charge in [-0.15, -0.1) is 11.3 Å². The molecular formula is C14H13F2NO2S. The quantitative estimate of drug-likeness (QED) is 0.878. The lowest BCUT2D eigenvalue weighted by Crippen LogP contribution is -2.04. The highest BCUT2D eigenvalue weighted by molar-refractivity contribution is 7.18. The predicted octanol–water partition coefficient (Wildman–Crippen LogP) is 3.76. The van der Waals surface area contributed by atoms with Crippen molar-refractivity contribution in [1.29, 1.82) is 0 Å². The number of halogens is 2. The predicted molar refractivity (Wildman–Crippen MR) is 74.8 cm³/mol. The van der Waals surface area contributed by atoms with Gasteiger partial charge < -0.3 is 10.5 Å². The highest BCUT2D eigenvalue weighted by Gasteiger charge is 2.21.